The summed E-state index contributed by atoms with van der Waals surface area (Å²) in [5, 5.41) is 27.7. The van der Waals surface area contributed by atoms with Crippen molar-refractivity contribution < 1.29 is 82.4 Å². The predicted molar refractivity (Wildman–Crippen MR) is 210 cm³/mol. The Morgan fingerprint density at radius 3 is 1.98 bits per heavy atom. The van der Waals surface area contributed by atoms with Crippen LogP contribution in [-0.2, 0) is 38.0 Å². The van der Waals surface area contributed by atoms with Gasteiger partial charge >= 0.3 is 41.5 Å². The number of likely N-dealkylation sites (N-methyl/N-ethyl adjacent to an activating group) is 1. The first-order chi connectivity index (χ1) is 25.8. The minimum absolute atomic E-state index is 0. The quantitative estimate of drug-likeness (QED) is 0.0199. The van der Waals surface area contributed by atoms with E-state index in [1.807, 2.05) is 21.0 Å². The molecule has 12 nitrogen and oxygen atoms in total. The van der Waals surface area contributed by atoms with Crippen LogP contribution >= 0.6 is 12.0 Å². The number of nitrogens with one attached hydrogen (secondary N) is 1. The van der Waals surface area contributed by atoms with Gasteiger partial charge < -0.3 is 34.4 Å². The number of amides is 1. The number of carbonyl (C=O) groups is 4. The van der Waals surface area contributed by atoms with Crippen molar-refractivity contribution in [1.29, 1.82) is 0 Å². The average Bonchev–Trinajstić information content (AvgIpc) is 3.14. The summed E-state index contributed by atoms with van der Waals surface area (Å²) in [7, 11) is 3.73. The molecule has 0 spiro atoms. The second-order valence-corrected chi connectivity index (χ2v) is 16.8. The minimum atomic E-state index is -1.36. The van der Waals surface area contributed by atoms with Crippen molar-refractivity contribution >= 4 is 35.9 Å². The number of hydrogen-bond acceptors (Lipinski definition) is 11. The number of cyclic esters (lactones) is 1. The van der Waals surface area contributed by atoms with Gasteiger partial charge in [-0.15, -0.1) is 0 Å². The van der Waals surface area contributed by atoms with Crippen LogP contribution < -0.4 is 45.2 Å². The fourth-order valence-electron chi connectivity index (χ4n) is 7.05. The van der Waals surface area contributed by atoms with Crippen molar-refractivity contribution in [2.75, 3.05) is 46.9 Å². The van der Waals surface area contributed by atoms with Gasteiger partial charge in [0, 0.05) is 24.8 Å². The molecule has 1 aliphatic heterocycles. The van der Waals surface area contributed by atoms with Gasteiger partial charge in [-0.2, -0.15) is 4.33 Å². The third-order valence-corrected chi connectivity index (χ3v) is 12.0. The van der Waals surface area contributed by atoms with Crippen molar-refractivity contribution in [3.63, 3.8) is 0 Å². The number of carboxylic acids is 1. The Bertz CT molecular complexity index is 1020. The number of rotatable bonds is 32. The molecule has 1 fully saturated rings. The number of ether oxygens (including phenoxy) is 2. The second kappa shape index (κ2) is 34.0. The summed E-state index contributed by atoms with van der Waals surface area (Å²) in [6.45, 7) is 12.2. The van der Waals surface area contributed by atoms with Crippen LogP contribution in [0.5, 0.6) is 0 Å². The summed E-state index contributed by atoms with van der Waals surface area (Å²) < 4.78 is 14.7. The molecular formula is C41H77N2NaO10S. The summed E-state index contributed by atoms with van der Waals surface area (Å²) in [6.07, 6.45) is 22.4. The first-order valence-corrected chi connectivity index (χ1v) is 21.8. The summed E-state index contributed by atoms with van der Waals surface area (Å²) in [5.74, 6) is -1.68. The number of carbonyl (C=O) groups excluding carboxylic acids is 4. The maximum absolute atomic E-state index is 13.3. The van der Waals surface area contributed by atoms with E-state index in [0.717, 1.165) is 57.8 Å². The number of aliphatic carboxylic acids is 1. The van der Waals surface area contributed by atoms with Gasteiger partial charge in [0.15, 0.2) is 4.75 Å². The Kier molecular flexibility index (Phi) is 34.7. The molecule has 0 radical (unpaired) electrons. The molecule has 0 bridgehead atoms. The molecule has 1 saturated heterocycles. The zero-order valence-electron chi connectivity index (χ0n) is 36.1. The van der Waals surface area contributed by atoms with Crippen molar-refractivity contribution in [2.45, 2.75) is 181 Å². The predicted octanol–water partition coefficient (Wildman–Crippen LogP) is 3.91. The summed E-state index contributed by atoms with van der Waals surface area (Å²) >= 11 is 0.606. The Morgan fingerprint density at radius 2 is 1.45 bits per heavy atom. The maximum Gasteiger partial charge on any atom is 1.00 e. The van der Waals surface area contributed by atoms with Crippen LogP contribution in [0.15, 0.2) is 0 Å². The monoisotopic (exact) mass is 813 g/mol. The largest absolute Gasteiger partial charge is 1.00 e. The van der Waals surface area contributed by atoms with Crippen LogP contribution in [0.25, 0.3) is 0 Å². The molecule has 1 aliphatic rings. The standard InChI is InChI=1S/C21H42N2O3.C20H36O7S.Na/c1-4-5-6-7-8-9-10-11-12-13-14-16-20(24)22-17-15-18-23(2,3)19-21(25)26;1-5-9-11-16(7-3)14-24-18(22)20(28-27-26-23)13-17(21)25-15-19(20,8-4)12-10-6-2;/h4-19H2,1-3H3,(H-,22,24,25,26);16,23H,5-15H2,1-4H3;/q;;+1/p-1. The Morgan fingerprint density at radius 1 is 0.873 bits per heavy atom. The average molecular weight is 813 g/mol. The van der Waals surface area contributed by atoms with E-state index in [0.29, 0.717) is 55.5 Å². The Labute approximate surface area is 360 Å². The first kappa shape index (κ1) is 56.2. The van der Waals surface area contributed by atoms with Crippen LogP contribution in [0.3, 0.4) is 0 Å². The van der Waals surface area contributed by atoms with E-state index in [1.165, 1.54) is 57.8 Å². The van der Waals surface area contributed by atoms with Crippen LogP contribution in [0.2, 0.25) is 0 Å². The topological polar surface area (TPSA) is 163 Å². The van der Waals surface area contributed by atoms with Gasteiger partial charge in [-0.25, -0.2) is 0 Å². The number of esters is 2. The van der Waals surface area contributed by atoms with Crippen LogP contribution in [0, 0.1) is 11.3 Å². The zero-order chi connectivity index (χ0) is 40.7. The Hall–Kier alpha value is -0.930. The van der Waals surface area contributed by atoms with E-state index in [-0.39, 0.29) is 61.0 Å². The van der Waals surface area contributed by atoms with E-state index in [4.69, 9.17) is 9.47 Å². The summed E-state index contributed by atoms with van der Waals surface area (Å²) in [5.41, 5.74) is -0.678. The molecule has 1 rings (SSSR count). The van der Waals surface area contributed by atoms with Gasteiger partial charge in [-0.1, -0.05) is 131 Å². The van der Waals surface area contributed by atoms with Crippen molar-refractivity contribution in [3.05, 3.63) is 0 Å². The molecule has 318 valence electrons. The number of hydrogen-bond donors (Lipinski definition) is 1. The SMILES string of the molecule is CCCCC(CC)COC(=O)C1(SOO[O-])CC(=O)OCC1(CC)CCCC.CCCCCCCCCCCCCC(=O)NCCC[N+](C)(C)CC(=O)[O-].[Na+]. The fourth-order valence-corrected chi connectivity index (χ4v) is 7.98. The summed E-state index contributed by atoms with van der Waals surface area (Å²) in [4.78, 5) is 47.9. The maximum atomic E-state index is 13.3. The number of quaternary nitrogens is 1. The van der Waals surface area contributed by atoms with Gasteiger partial charge in [0.25, 0.3) is 0 Å². The van der Waals surface area contributed by atoms with Crippen molar-refractivity contribution in [2.24, 2.45) is 11.3 Å². The second-order valence-electron chi connectivity index (χ2n) is 15.8. The van der Waals surface area contributed by atoms with Crippen LogP contribution in [0.4, 0.5) is 0 Å². The molecule has 1 N–H and O–H groups in total. The molecule has 0 aliphatic carbocycles. The first-order valence-electron chi connectivity index (χ1n) is 21.1. The summed E-state index contributed by atoms with van der Waals surface area (Å²) in [6, 6.07) is 0. The van der Waals surface area contributed by atoms with E-state index in [9.17, 15) is 29.5 Å². The van der Waals surface area contributed by atoms with Crippen molar-refractivity contribution in [1.82, 2.24) is 5.32 Å². The minimum Gasteiger partial charge on any atom is -0.691 e. The molecular weight excluding hydrogens is 736 g/mol. The number of unbranched alkanes of at least 4 members (excludes halogenated alkanes) is 12. The molecule has 0 saturated carbocycles. The fraction of sp³-hybridized carbons (Fsp3) is 0.902. The van der Waals surface area contributed by atoms with Crippen LogP contribution in [-0.4, -0.2) is 80.0 Å². The number of carboxylic acid groups (broad SMARTS) is 1. The third-order valence-electron chi connectivity index (χ3n) is 10.8. The van der Waals surface area contributed by atoms with Crippen LogP contribution in [0.1, 0.15) is 176 Å². The van der Waals surface area contributed by atoms with Gasteiger partial charge in [0.05, 0.1) is 58.3 Å². The molecule has 0 aromatic heterocycles. The molecule has 3 atom stereocenters. The zero-order valence-corrected chi connectivity index (χ0v) is 38.9. The number of nitrogens with zero attached hydrogens (tertiary/aromatic N) is 1. The van der Waals surface area contributed by atoms with E-state index in [1.54, 1.807) is 0 Å². The molecule has 0 aromatic carbocycles. The Balaban J connectivity index is 0. The molecule has 3 unspecified atom stereocenters. The molecule has 1 amide bonds. The molecule has 55 heavy (non-hydrogen) atoms. The van der Waals surface area contributed by atoms with E-state index in [2.05, 4.69) is 42.4 Å². The van der Waals surface area contributed by atoms with Gasteiger partial charge in [0.2, 0.25) is 5.91 Å². The molecule has 0 aromatic rings. The van der Waals surface area contributed by atoms with Gasteiger partial charge in [-0.3, -0.25) is 19.4 Å². The molecule has 14 heteroatoms. The van der Waals surface area contributed by atoms with Gasteiger partial charge in [0.1, 0.15) is 6.54 Å². The normalized spacial score (nSPS) is 18.7. The molecule has 1 heterocycles. The van der Waals surface area contributed by atoms with Gasteiger partial charge in [-0.05, 0) is 31.6 Å². The smallest absolute Gasteiger partial charge is 0.691 e. The van der Waals surface area contributed by atoms with E-state index < -0.39 is 28.1 Å². The van der Waals surface area contributed by atoms with E-state index >= 15 is 0 Å². The van der Waals surface area contributed by atoms with Crippen molar-refractivity contribution in [3.8, 4) is 0 Å². The third kappa shape index (κ3) is 24.6.